The lowest BCUT2D eigenvalue weighted by Gasteiger charge is -2.24. The van der Waals surface area contributed by atoms with Crippen molar-refractivity contribution in [3.63, 3.8) is 0 Å². The first-order chi connectivity index (χ1) is 19.0. The fourth-order valence-electron chi connectivity index (χ4n) is 4.35. The first-order valence-electron chi connectivity index (χ1n) is 12.6. The average Bonchev–Trinajstić information content (AvgIpc) is 3.20. The van der Waals surface area contributed by atoms with Gasteiger partial charge in [0, 0.05) is 22.0 Å². The largest absolute Gasteiger partial charge is 0.316 e. The minimum absolute atomic E-state index is 0.0903. The molecule has 0 spiro atoms. The maximum Gasteiger partial charge on any atom is 0.264 e. The Labute approximate surface area is 245 Å². The van der Waals surface area contributed by atoms with E-state index in [1.165, 1.54) is 18.3 Å². The summed E-state index contributed by atoms with van der Waals surface area (Å²) in [5.74, 6) is -0.304. The Balaban J connectivity index is 1.56. The molecule has 0 aliphatic rings. The van der Waals surface area contributed by atoms with E-state index in [-0.39, 0.29) is 10.8 Å². The highest BCUT2D eigenvalue weighted by molar-refractivity contribution is 7.92. The van der Waals surface area contributed by atoms with Crippen molar-refractivity contribution in [2.45, 2.75) is 38.5 Å². The van der Waals surface area contributed by atoms with E-state index in [9.17, 15) is 13.2 Å². The predicted octanol–water partition coefficient (Wildman–Crippen LogP) is 6.87. The molecule has 0 aliphatic carbocycles. The Morgan fingerprint density at radius 1 is 1.00 bits per heavy atom. The molecule has 4 aromatic rings. The molecule has 0 saturated carbocycles. The first kappa shape index (κ1) is 29.4. The van der Waals surface area contributed by atoms with Crippen LogP contribution in [0.2, 0.25) is 10.0 Å². The average molecular weight is 598 g/mol. The molecule has 4 rings (SSSR count). The number of sulfonamides is 1. The number of nitrogens with zero attached hydrogens (tertiary/aromatic N) is 3. The fourth-order valence-corrected chi connectivity index (χ4v) is 6.29. The molecule has 40 heavy (non-hydrogen) atoms. The molecule has 0 saturated heterocycles. The molecule has 0 radical (unpaired) electrons. The summed E-state index contributed by atoms with van der Waals surface area (Å²) < 4.78 is 30.1. The lowest BCUT2D eigenvalue weighted by Crippen LogP contribution is -2.39. The number of nitrogens with one attached hydrogen (secondary N) is 1. The number of carbonyl (C=O) groups is 1. The van der Waals surface area contributed by atoms with Crippen LogP contribution in [-0.2, 0) is 14.8 Å². The smallest absolute Gasteiger partial charge is 0.264 e. The number of rotatable bonds is 9. The molecule has 208 valence electrons. The Bertz CT molecular complexity index is 1650. The minimum atomic E-state index is -4.01. The molecule has 0 atom stereocenters. The van der Waals surface area contributed by atoms with E-state index >= 15 is 0 Å². The number of hydrazone groups is 1. The van der Waals surface area contributed by atoms with Gasteiger partial charge in [-0.3, -0.25) is 9.10 Å². The topological polar surface area (TPSA) is 83.8 Å². The van der Waals surface area contributed by atoms with E-state index in [4.69, 9.17) is 23.2 Å². The van der Waals surface area contributed by atoms with Crippen LogP contribution in [0.25, 0.3) is 5.69 Å². The number of halogens is 2. The summed E-state index contributed by atoms with van der Waals surface area (Å²) in [6, 6.07) is 22.4. The zero-order valence-electron chi connectivity index (χ0n) is 22.6. The molecule has 10 heteroatoms. The third-order valence-corrected chi connectivity index (χ3v) is 8.81. The van der Waals surface area contributed by atoms with E-state index in [0.717, 1.165) is 32.5 Å². The first-order valence-corrected chi connectivity index (χ1v) is 14.8. The van der Waals surface area contributed by atoms with Gasteiger partial charge < -0.3 is 4.57 Å². The number of hydrogen-bond donors (Lipinski definition) is 1. The van der Waals surface area contributed by atoms with Gasteiger partial charge in [0.05, 0.1) is 27.5 Å². The van der Waals surface area contributed by atoms with Crippen molar-refractivity contribution in [1.29, 1.82) is 0 Å². The van der Waals surface area contributed by atoms with Gasteiger partial charge >= 0.3 is 0 Å². The number of amides is 1. The summed E-state index contributed by atoms with van der Waals surface area (Å²) in [7, 11) is -4.01. The molecule has 0 bridgehead atoms. The van der Waals surface area contributed by atoms with E-state index in [0.29, 0.717) is 15.7 Å². The second-order valence-electron chi connectivity index (χ2n) is 9.62. The van der Waals surface area contributed by atoms with Crippen molar-refractivity contribution in [2.75, 3.05) is 10.8 Å². The molecule has 3 aromatic carbocycles. The van der Waals surface area contributed by atoms with Crippen LogP contribution >= 0.6 is 23.2 Å². The predicted molar refractivity (Wildman–Crippen MR) is 163 cm³/mol. The number of hydrogen-bond acceptors (Lipinski definition) is 4. The fraction of sp³-hybridized carbons (Fsp3) is 0.200. The number of aromatic nitrogens is 1. The standard InChI is InChI=1S/C30H30Cl2N4O3S/c1-20(2)23-10-13-26(14-11-23)35(40(38,39)27-8-6-5-7-9-27)19-30(37)34-33-18-24-16-21(3)36(22(24)4)29-15-12-25(31)17-28(29)32/h5-18,20H,19H2,1-4H3,(H,34,37)/b33-18+. The molecular weight excluding hydrogens is 567 g/mol. The molecule has 0 aliphatic heterocycles. The molecule has 1 amide bonds. The van der Waals surface area contributed by atoms with E-state index in [2.05, 4.69) is 24.4 Å². The van der Waals surface area contributed by atoms with Gasteiger partial charge in [0.1, 0.15) is 6.54 Å². The highest BCUT2D eigenvalue weighted by atomic mass is 35.5. The quantitative estimate of drug-likeness (QED) is 0.169. The Kier molecular flexibility index (Phi) is 9.03. The summed E-state index contributed by atoms with van der Waals surface area (Å²) in [4.78, 5) is 13.0. The van der Waals surface area contributed by atoms with Crippen LogP contribution < -0.4 is 9.73 Å². The van der Waals surface area contributed by atoms with Crippen molar-refractivity contribution in [3.05, 3.63) is 111 Å². The van der Waals surface area contributed by atoms with E-state index < -0.39 is 22.5 Å². The lowest BCUT2D eigenvalue weighted by atomic mass is 10.0. The van der Waals surface area contributed by atoms with Crippen LogP contribution in [0.4, 0.5) is 5.69 Å². The van der Waals surface area contributed by atoms with E-state index in [1.807, 2.05) is 42.7 Å². The highest BCUT2D eigenvalue weighted by Crippen LogP contribution is 2.29. The maximum absolute atomic E-state index is 13.5. The van der Waals surface area contributed by atoms with Crippen molar-refractivity contribution in [1.82, 2.24) is 9.99 Å². The van der Waals surface area contributed by atoms with Crippen LogP contribution in [0.5, 0.6) is 0 Å². The maximum atomic E-state index is 13.5. The third-order valence-electron chi connectivity index (χ3n) is 6.48. The zero-order chi connectivity index (χ0) is 29.0. The van der Waals surface area contributed by atoms with Gasteiger partial charge in [0.25, 0.3) is 15.9 Å². The third kappa shape index (κ3) is 6.41. The molecule has 0 fully saturated rings. The molecule has 1 N–H and O–H groups in total. The molecule has 1 aromatic heterocycles. The van der Waals surface area contributed by atoms with Crippen LogP contribution in [-0.4, -0.2) is 31.7 Å². The van der Waals surface area contributed by atoms with Crippen molar-refractivity contribution < 1.29 is 13.2 Å². The van der Waals surface area contributed by atoms with Gasteiger partial charge in [-0.1, -0.05) is 67.4 Å². The molecule has 7 nitrogen and oxygen atoms in total. The van der Waals surface area contributed by atoms with Gasteiger partial charge in [-0.25, -0.2) is 13.8 Å². The summed E-state index contributed by atoms with van der Waals surface area (Å²) in [6.07, 6.45) is 1.52. The number of carbonyl (C=O) groups excluding carboxylic acids is 1. The van der Waals surface area contributed by atoms with Gasteiger partial charge in [-0.05, 0) is 73.9 Å². The van der Waals surface area contributed by atoms with Crippen LogP contribution in [0.15, 0.2) is 88.9 Å². The number of benzene rings is 3. The van der Waals surface area contributed by atoms with Crippen LogP contribution in [0, 0.1) is 13.8 Å². The number of aryl methyl sites for hydroxylation is 1. The molecule has 1 heterocycles. The van der Waals surface area contributed by atoms with Crippen LogP contribution in [0.3, 0.4) is 0 Å². The SMILES string of the molecule is Cc1cc(/C=N/NC(=O)CN(c2ccc(C(C)C)cc2)S(=O)(=O)c2ccccc2)c(C)n1-c1ccc(Cl)cc1Cl. The summed E-state index contributed by atoms with van der Waals surface area (Å²) in [5, 5.41) is 5.16. The Hall–Kier alpha value is -3.59. The second kappa shape index (κ2) is 12.3. The summed E-state index contributed by atoms with van der Waals surface area (Å²) >= 11 is 12.5. The second-order valence-corrected chi connectivity index (χ2v) is 12.3. The van der Waals surface area contributed by atoms with Gasteiger partial charge in [-0.15, -0.1) is 0 Å². The number of anilines is 1. The molecular formula is C30H30Cl2N4O3S. The van der Waals surface area contributed by atoms with Gasteiger partial charge in [-0.2, -0.15) is 5.10 Å². The Morgan fingerprint density at radius 2 is 1.68 bits per heavy atom. The minimum Gasteiger partial charge on any atom is -0.316 e. The Morgan fingerprint density at radius 3 is 2.30 bits per heavy atom. The summed E-state index contributed by atoms with van der Waals surface area (Å²) in [5.41, 5.74) is 7.23. The van der Waals surface area contributed by atoms with Gasteiger partial charge in [0.15, 0.2) is 0 Å². The lowest BCUT2D eigenvalue weighted by molar-refractivity contribution is -0.119. The summed E-state index contributed by atoms with van der Waals surface area (Å²) in [6.45, 7) is 7.51. The normalized spacial score (nSPS) is 11.8. The van der Waals surface area contributed by atoms with Gasteiger partial charge in [0.2, 0.25) is 0 Å². The monoisotopic (exact) mass is 596 g/mol. The van der Waals surface area contributed by atoms with Crippen LogP contribution in [0.1, 0.15) is 42.3 Å². The van der Waals surface area contributed by atoms with Crippen molar-refractivity contribution in [2.24, 2.45) is 5.10 Å². The molecule has 0 unspecified atom stereocenters. The van der Waals surface area contributed by atoms with Crippen molar-refractivity contribution >= 4 is 51.0 Å². The van der Waals surface area contributed by atoms with Crippen molar-refractivity contribution in [3.8, 4) is 5.69 Å². The highest BCUT2D eigenvalue weighted by Gasteiger charge is 2.27. The van der Waals surface area contributed by atoms with E-state index in [1.54, 1.807) is 42.5 Å². The zero-order valence-corrected chi connectivity index (χ0v) is 24.9.